The molecule has 4 rings (SSSR count). The van der Waals surface area contributed by atoms with Crippen molar-refractivity contribution < 1.29 is 14.6 Å². The fourth-order valence-corrected chi connectivity index (χ4v) is 4.35. The Labute approximate surface area is 167 Å². The van der Waals surface area contributed by atoms with Gasteiger partial charge in [0.1, 0.15) is 10.7 Å². The molecule has 2 aliphatic rings. The van der Waals surface area contributed by atoms with Crippen LogP contribution in [0.4, 0.5) is 16.4 Å². The molecule has 0 bridgehead atoms. The van der Waals surface area contributed by atoms with Crippen LogP contribution in [0, 0.1) is 0 Å². The summed E-state index contributed by atoms with van der Waals surface area (Å²) in [6.45, 7) is 3.19. The van der Waals surface area contributed by atoms with Crippen LogP contribution in [-0.4, -0.2) is 78.1 Å². The number of nitrogens with one attached hydrogen (secondary N) is 1. The lowest BCUT2D eigenvalue weighted by Gasteiger charge is -2.40. The van der Waals surface area contributed by atoms with Crippen LogP contribution in [0.2, 0.25) is 0 Å². The molecule has 1 aromatic heterocycles. The minimum Gasteiger partial charge on any atom is -0.476 e. The second-order valence-corrected chi connectivity index (χ2v) is 7.94. The van der Waals surface area contributed by atoms with Crippen LogP contribution in [0.5, 0.6) is 0 Å². The van der Waals surface area contributed by atoms with Crippen LogP contribution < -0.4 is 5.32 Å². The van der Waals surface area contributed by atoms with Crippen LogP contribution in [0.3, 0.4) is 0 Å². The number of aliphatic imine (C=N–C) groups is 1. The molecule has 1 fully saturated rings. The summed E-state index contributed by atoms with van der Waals surface area (Å²) in [4.78, 5) is 25.3. The molecule has 2 aromatic rings. The number of ether oxygens (including phenoxy) is 1. The predicted molar refractivity (Wildman–Crippen MR) is 109 cm³/mol. The Hall–Kier alpha value is -2.49. The van der Waals surface area contributed by atoms with Gasteiger partial charge in [-0.25, -0.2) is 14.8 Å². The van der Waals surface area contributed by atoms with Gasteiger partial charge in [0, 0.05) is 39.4 Å². The van der Waals surface area contributed by atoms with E-state index in [2.05, 4.69) is 27.1 Å². The van der Waals surface area contributed by atoms with Gasteiger partial charge in [0.25, 0.3) is 0 Å². The SMILES string of the molecule is COCC[C@H]1CN(C2=Nc3ccccc3Nc3sc(C(=O)O)nc32)CCN1C. The molecule has 148 valence electrons. The molecule has 1 atom stereocenters. The number of aromatic nitrogens is 1. The second kappa shape index (κ2) is 7.86. The van der Waals surface area contributed by atoms with Gasteiger partial charge < -0.3 is 20.1 Å². The minimum atomic E-state index is -1.02. The van der Waals surface area contributed by atoms with E-state index in [0.717, 1.165) is 54.6 Å². The van der Waals surface area contributed by atoms with Crippen molar-refractivity contribution in [1.82, 2.24) is 14.8 Å². The molecule has 0 saturated carbocycles. The first-order valence-corrected chi connectivity index (χ1v) is 10.0. The number of amidine groups is 1. The summed E-state index contributed by atoms with van der Waals surface area (Å²) in [7, 11) is 3.84. The summed E-state index contributed by atoms with van der Waals surface area (Å²) in [6.07, 6.45) is 0.927. The van der Waals surface area contributed by atoms with Gasteiger partial charge in [-0.2, -0.15) is 0 Å². The molecule has 2 N–H and O–H groups in total. The number of rotatable bonds is 4. The molecule has 1 saturated heterocycles. The monoisotopic (exact) mass is 401 g/mol. The van der Waals surface area contributed by atoms with Crippen LogP contribution >= 0.6 is 11.3 Å². The Morgan fingerprint density at radius 3 is 3.00 bits per heavy atom. The normalized spacial score (nSPS) is 19.3. The summed E-state index contributed by atoms with van der Waals surface area (Å²) < 4.78 is 5.26. The number of piperazine rings is 1. The number of likely N-dealkylation sites (N-methyl/N-ethyl adjacent to an activating group) is 1. The second-order valence-electron chi connectivity index (χ2n) is 6.94. The Morgan fingerprint density at radius 1 is 1.39 bits per heavy atom. The first-order valence-electron chi connectivity index (χ1n) is 9.20. The van der Waals surface area contributed by atoms with Crippen molar-refractivity contribution in [3.8, 4) is 0 Å². The molecule has 8 nitrogen and oxygen atoms in total. The van der Waals surface area contributed by atoms with Crippen LogP contribution in [0.15, 0.2) is 29.3 Å². The zero-order valence-electron chi connectivity index (χ0n) is 15.9. The highest BCUT2D eigenvalue weighted by molar-refractivity contribution is 7.18. The topological polar surface area (TPSA) is 90.3 Å². The Morgan fingerprint density at radius 2 is 2.21 bits per heavy atom. The molecular weight excluding hydrogens is 378 g/mol. The van der Waals surface area contributed by atoms with Gasteiger partial charge in [-0.3, -0.25) is 4.90 Å². The van der Waals surface area contributed by atoms with Crippen molar-refractivity contribution in [2.24, 2.45) is 4.99 Å². The molecule has 3 heterocycles. The number of carboxylic acid groups (broad SMARTS) is 1. The lowest BCUT2D eigenvalue weighted by Crippen LogP contribution is -2.53. The molecular formula is C19H23N5O3S. The van der Waals surface area contributed by atoms with Gasteiger partial charge in [-0.1, -0.05) is 23.5 Å². The average molecular weight is 401 g/mol. The smallest absolute Gasteiger partial charge is 0.365 e. The number of thiazole rings is 1. The molecule has 0 aliphatic carbocycles. The molecule has 0 spiro atoms. The van der Waals surface area contributed by atoms with Gasteiger partial charge in [-0.15, -0.1) is 0 Å². The number of nitrogens with zero attached hydrogens (tertiary/aromatic N) is 4. The Bertz CT molecular complexity index is 913. The van der Waals surface area contributed by atoms with Crippen LogP contribution in [0.1, 0.15) is 21.9 Å². The van der Waals surface area contributed by atoms with Gasteiger partial charge in [-0.05, 0) is 25.6 Å². The molecule has 9 heteroatoms. The molecule has 28 heavy (non-hydrogen) atoms. The van der Waals surface area contributed by atoms with Crippen molar-refractivity contribution in [3.05, 3.63) is 35.0 Å². The third-order valence-corrected chi connectivity index (χ3v) is 6.09. The highest BCUT2D eigenvalue weighted by Crippen LogP contribution is 2.38. The number of anilines is 2. The van der Waals surface area contributed by atoms with Crippen molar-refractivity contribution in [2.45, 2.75) is 12.5 Å². The van der Waals surface area contributed by atoms with E-state index in [-0.39, 0.29) is 5.01 Å². The van der Waals surface area contributed by atoms with Crippen molar-refractivity contribution >= 4 is 39.5 Å². The number of aromatic carboxylic acids is 1. The molecule has 0 amide bonds. The van der Waals surface area contributed by atoms with Gasteiger partial charge >= 0.3 is 5.97 Å². The van der Waals surface area contributed by atoms with E-state index in [1.165, 1.54) is 0 Å². The molecule has 2 aliphatic heterocycles. The summed E-state index contributed by atoms with van der Waals surface area (Å²) in [5.74, 6) is -0.296. The van der Waals surface area contributed by atoms with Gasteiger partial charge in [0.15, 0.2) is 5.84 Å². The minimum absolute atomic E-state index is 0.0645. The van der Waals surface area contributed by atoms with E-state index >= 15 is 0 Å². The van der Waals surface area contributed by atoms with Crippen molar-refractivity contribution in [2.75, 3.05) is 45.7 Å². The lowest BCUT2D eigenvalue weighted by molar-refractivity contribution is 0.0696. The van der Waals surface area contributed by atoms with E-state index < -0.39 is 5.97 Å². The highest BCUT2D eigenvalue weighted by atomic mass is 32.1. The van der Waals surface area contributed by atoms with E-state index in [9.17, 15) is 9.90 Å². The van der Waals surface area contributed by atoms with Crippen molar-refractivity contribution in [3.63, 3.8) is 0 Å². The predicted octanol–water partition coefficient (Wildman–Crippen LogP) is 2.63. The molecule has 0 unspecified atom stereocenters. The molecule has 1 aromatic carbocycles. The fraction of sp³-hybridized carbons (Fsp3) is 0.421. The first-order chi connectivity index (χ1) is 13.6. The third kappa shape index (κ3) is 3.60. The van der Waals surface area contributed by atoms with Crippen molar-refractivity contribution in [1.29, 1.82) is 0 Å². The standard InChI is InChI=1S/C19H23N5O3S/c1-23-8-9-24(11-12(23)7-10-27-2)16-15-17(28-18(22-15)19(25)26)21-14-6-4-3-5-13(14)20-16/h3-6,12,21H,7-11H2,1-2H3,(H,25,26)/t12-/m0/s1. The Balaban J connectivity index is 1.73. The Kier molecular flexibility index (Phi) is 5.29. The largest absolute Gasteiger partial charge is 0.476 e. The maximum Gasteiger partial charge on any atom is 0.365 e. The first kappa shape index (κ1) is 18.9. The zero-order chi connectivity index (χ0) is 19.7. The lowest BCUT2D eigenvalue weighted by atomic mass is 10.1. The zero-order valence-corrected chi connectivity index (χ0v) is 16.7. The summed E-state index contributed by atoms with van der Waals surface area (Å²) in [5, 5.41) is 13.5. The van der Waals surface area contributed by atoms with E-state index in [1.54, 1.807) is 7.11 Å². The van der Waals surface area contributed by atoms with Crippen LogP contribution in [0.25, 0.3) is 0 Å². The average Bonchev–Trinajstić information content (AvgIpc) is 3.04. The number of carboxylic acids is 1. The molecule has 0 radical (unpaired) electrons. The number of hydrogen-bond donors (Lipinski definition) is 2. The van der Waals surface area contributed by atoms with E-state index in [0.29, 0.717) is 23.3 Å². The summed E-state index contributed by atoms with van der Waals surface area (Å²) in [5.41, 5.74) is 2.28. The fourth-order valence-electron chi connectivity index (χ4n) is 3.54. The summed E-state index contributed by atoms with van der Waals surface area (Å²) >= 11 is 1.14. The maximum absolute atomic E-state index is 11.5. The number of methoxy groups -OCH3 is 1. The number of fused-ring (bicyclic) bond motifs is 2. The maximum atomic E-state index is 11.5. The third-order valence-electron chi connectivity index (χ3n) is 5.13. The number of para-hydroxylation sites is 2. The quantitative estimate of drug-likeness (QED) is 0.814. The number of hydrogen-bond acceptors (Lipinski definition) is 8. The number of carbonyl (C=O) groups is 1. The van der Waals surface area contributed by atoms with E-state index in [1.807, 2.05) is 24.3 Å². The van der Waals surface area contributed by atoms with E-state index in [4.69, 9.17) is 9.73 Å². The summed E-state index contributed by atoms with van der Waals surface area (Å²) in [6, 6.07) is 8.11. The van der Waals surface area contributed by atoms with Gasteiger partial charge in [0.2, 0.25) is 5.01 Å². The van der Waals surface area contributed by atoms with Gasteiger partial charge in [0.05, 0.1) is 11.4 Å². The highest BCUT2D eigenvalue weighted by Gasteiger charge is 2.31. The number of benzene rings is 1. The van der Waals surface area contributed by atoms with Crippen LogP contribution in [-0.2, 0) is 4.74 Å².